The molecule has 8 heteroatoms. The van der Waals surface area contributed by atoms with Crippen molar-refractivity contribution in [1.82, 2.24) is 30.2 Å². The number of hydrogen-bond donors (Lipinski definition) is 2. The second-order valence-corrected chi connectivity index (χ2v) is 6.64. The summed E-state index contributed by atoms with van der Waals surface area (Å²) < 4.78 is 2.80. The van der Waals surface area contributed by atoms with E-state index in [4.69, 9.17) is 0 Å². The fourth-order valence-electron chi connectivity index (χ4n) is 3.15. The third kappa shape index (κ3) is 3.19. The van der Waals surface area contributed by atoms with Crippen molar-refractivity contribution in [3.8, 4) is 0 Å². The Labute approximate surface area is 140 Å². The first-order valence-corrected chi connectivity index (χ1v) is 8.40. The summed E-state index contributed by atoms with van der Waals surface area (Å²) in [7, 11) is 1.73. The van der Waals surface area contributed by atoms with E-state index in [1.54, 1.807) is 17.9 Å². The summed E-state index contributed by atoms with van der Waals surface area (Å²) in [6.45, 7) is 5.71. The predicted octanol–water partition coefficient (Wildman–Crippen LogP) is 0.122. The van der Waals surface area contributed by atoms with Crippen molar-refractivity contribution in [3.63, 3.8) is 0 Å². The molecule has 3 heterocycles. The quantitative estimate of drug-likeness (QED) is 0.829. The average molecular weight is 332 g/mol. The van der Waals surface area contributed by atoms with Gasteiger partial charge in [-0.05, 0) is 25.3 Å². The van der Waals surface area contributed by atoms with Crippen LogP contribution in [0.5, 0.6) is 0 Å². The lowest BCUT2D eigenvalue weighted by Crippen LogP contribution is -2.47. The van der Waals surface area contributed by atoms with Crippen LogP contribution in [0.4, 0.5) is 0 Å². The van der Waals surface area contributed by atoms with Gasteiger partial charge in [0.05, 0.1) is 11.9 Å². The van der Waals surface area contributed by atoms with Crippen molar-refractivity contribution in [2.75, 3.05) is 13.1 Å². The van der Waals surface area contributed by atoms with E-state index in [-0.39, 0.29) is 30.0 Å². The minimum atomic E-state index is -0.286. The molecule has 3 rings (SSSR count). The topological polar surface area (TPSA) is 93.8 Å². The van der Waals surface area contributed by atoms with Gasteiger partial charge in [-0.3, -0.25) is 14.3 Å². The van der Waals surface area contributed by atoms with E-state index in [0.717, 1.165) is 37.0 Å². The highest BCUT2D eigenvalue weighted by atomic mass is 16.2. The summed E-state index contributed by atoms with van der Waals surface area (Å²) in [5, 5.41) is 15.6. The molecule has 0 aromatic carbocycles. The van der Waals surface area contributed by atoms with Gasteiger partial charge in [0.15, 0.2) is 0 Å². The molecule has 2 aromatic rings. The monoisotopic (exact) mass is 332 g/mol. The van der Waals surface area contributed by atoms with E-state index in [1.165, 1.54) is 4.68 Å². The molecule has 0 radical (unpaired) electrons. The van der Waals surface area contributed by atoms with Gasteiger partial charge in [-0.2, -0.15) is 10.2 Å². The van der Waals surface area contributed by atoms with Gasteiger partial charge in [-0.15, -0.1) is 0 Å². The lowest BCUT2D eigenvalue weighted by molar-refractivity contribution is -0.122. The molecule has 130 valence electrons. The average Bonchev–Trinajstić information content (AvgIpc) is 2.93. The van der Waals surface area contributed by atoms with E-state index in [0.29, 0.717) is 5.52 Å². The third-order valence-electron chi connectivity index (χ3n) is 4.38. The van der Waals surface area contributed by atoms with Crippen LogP contribution < -0.4 is 16.2 Å². The van der Waals surface area contributed by atoms with Crippen LogP contribution >= 0.6 is 0 Å². The standard InChI is InChI=1S/C16H24N6O2/c1-10(2)14-12-8-18-21(3)15(12)16(24)22(20-14)9-13(23)19-11-5-4-6-17-7-11/h8,10-11,17H,4-7,9H2,1-3H3,(H,19,23)/t11-/m1/s1. The van der Waals surface area contributed by atoms with Crippen LogP contribution in [0, 0.1) is 0 Å². The Bertz CT molecular complexity index is 801. The van der Waals surface area contributed by atoms with E-state index >= 15 is 0 Å². The Morgan fingerprint density at radius 3 is 2.96 bits per heavy atom. The number of rotatable bonds is 4. The van der Waals surface area contributed by atoms with Gasteiger partial charge in [-0.1, -0.05) is 13.8 Å². The van der Waals surface area contributed by atoms with Gasteiger partial charge in [0.2, 0.25) is 5.91 Å². The Morgan fingerprint density at radius 1 is 1.50 bits per heavy atom. The summed E-state index contributed by atoms with van der Waals surface area (Å²) in [5.41, 5.74) is 0.983. The van der Waals surface area contributed by atoms with Crippen LogP contribution in [0.3, 0.4) is 0 Å². The van der Waals surface area contributed by atoms with Gasteiger partial charge >= 0.3 is 0 Å². The number of aromatic nitrogens is 4. The van der Waals surface area contributed by atoms with Crippen LogP contribution in [-0.4, -0.2) is 44.6 Å². The van der Waals surface area contributed by atoms with Crippen LogP contribution in [0.2, 0.25) is 0 Å². The SMILES string of the molecule is CC(C)c1nn(CC(=O)N[C@@H]2CCCNC2)c(=O)c2c1cnn2C. The molecule has 0 aliphatic carbocycles. The lowest BCUT2D eigenvalue weighted by atomic mass is 10.1. The summed E-state index contributed by atoms with van der Waals surface area (Å²) in [4.78, 5) is 25.0. The summed E-state index contributed by atoms with van der Waals surface area (Å²) in [5.74, 6) is -0.0521. The molecule has 1 fully saturated rings. The molecule has 1 amide bonds. The van der Waals surface area contributed by atoms with Crippen molar-refractivity contribution in [2.24, 2.45) is 7.05 Å². The number of piperidine rings is 1. The summed E-state index contributed by atoms with van der Waals surface area (Å²) in [6, 6.07) is 0.118. The highest BCUT2D eigenvalue weighted by Crippen LogP contribution is 2.20. The number of fused-ring (bicyclic) bond motifs is 1. The number of nitrogens with zero attached hydrogens (tertiary/aromatic N) is 4. The lowest BCUT2D eigenvalue weighted by Gasteiger charge is -2.23. The third-order valence-corrected chi connectivity index (χ3v) is 4.38. The van der Waals surface area contributed by atoms with Gasteiger partial charge in [0.25, 0.3) is 5.56 Å². The van der Waals surface area contributed by atoms with E-state index in [1.807, 2.05) is 13.8 Å². The maximum Gasteiger partial charge on any atom is 0.293 e. The normalized spacial score (nSPS) is 18.2. The van der Waals surface area contributed by atoms with Crippen molar-refractivity contribution < 1.29 is 4.79 Å². The molecule has 2 aromatic heterocycles. The fourth-order valence-corrected chi connectivity index (χ4v) is 3.15. The van der Waals surface area contributed by atoms with Crippen LogP contribution in [0.1, 0.15) is 38.3 Å². The largest absolute Gasteiger partial charge is 0.350 e. The molecule has 1 atom stereocenters. The number of carbonyl (C=O) groups excluding carboxylic acids is 1. The van der Waals surface area contributed by atoms with Crippen LogP contribution in [0.15, 0.2) is 11.0 Å². The molecular weight excluding hydrogens is 308 g/mol. The summed E-state index contributed by atoms with van der Waals surface area (Å²) in [6.07, 6.45) is 3.66. The number of carbonyl (C=O) groups is 1. The van der Waals surface area contributed by atoms with Crippen molar-refractivity contribution in [1.29, 1.82) is 0 Å². The molecule has 0 spiro atoms. The fraction of sp³-hybridized carbons (Fsp3) is 0.625. The molecule has 2 N–H and O–H groups in total. The molecular formula is C16H24N6O2. The Kier molecular flexibility index (Phi) is 4.66. The number of amides is 1. The predicted molar refractivity (Wildman–Crippen MR) is 90.9 cm³/mol. The van der Waals surface area contributed by atoms with Crippen molar-refractivity contribution >= 4 is 16.8 Å². The molecule has 8 nitrogen and oxygen atoms in total. The molecule has 1 aliphatic rings. The second kappa shape index (κ2) is 6.72. The Morgan fingerprint density at radius 2 is 2.29 bits per heavy atom. The van der Waals surface area contributed by atoms with Gasteiger partial charge < -0.3 is 10.6 Å². The number of nitrogens with one attached hydrogen (secondary N) is 2. The van der Waals surface area contributed by atoms with E-state index in [2.05, 4.69) is 20.8 Å². The Hall–Kier alpha value is -2.22. The second-order valence-electron chi connectivity index (χ2n) is 6.64. The van der Waals surface area contributed by atoms with Crippen LogP contribution in [-0.2, 0) is 18.4 Å². The number of hydrogen-bond acceptors (Lipinski definition) is 5. The highest BCUT2D eigenvalue weighted by molar-refractivity contribution is 5.81. The molecule has 1 aliphatic heterocycles. The van der Waals surface area contributed by atoms with Crippen molar-refractivity contribution in [2.45, 2.75) is 45.2 Å². The first-order chi connectivity index (χ1) is 11.5. The minimum absolute atomic E-state index is 0.0732. The highest BCUT2D eigenvalue weighted by Gasteiger charge is 2.20. The van der Waals surface area contributed by atoms with E-state index < -0.39 is 0 Å². The Balaban J connectivity index is 1.88. The van der Waals surface area contributed by atoms with Crippen LogP contribution in [0.25, 0.3) is 10.9 Å². The smallest absolute Gasteiger partial charge is 0.293 e. The molecule has 0 bridgehead atoms. The maximum absolute atomic E-state index is 12.7. The van der Waals surface area contributed by atoms with Gasteiger partial charge in [0.1, 0.15) is 12.1 Å². The molecule has 24 heavy (non-hydrogen) atoms. The first kappa shape index (κ1) is 16.6. The van der Waals surface area contributed by atoms with Gasteiger partial charge in [0, 0.05) is 25.0 Å². The zero-order valence-corrected chi connectivity index (χ0v) is 14.4. The maximum atomic E-state index is 12.7. The zero-order valence-electron chi connectivity index (χ0n) is 14.4. The molecule has 0 saturated carbocycles. The van der Waals surface area contributed by atoms with Crippen molar-refractivity contribution in [3.05, 3.63) is 22.2 Å². The van der Waals surface area contributed by atoms with Gasteiger partial charge in [-0.25, -0.2) is 4.68 Å². The summed E-state index contributed by atoms with van der Waals surface area (Å²) >= 11 is 0. The molecule has 0 unspecified atom stereocenters. The zero-order chi connectivity index (χ0) is 17.3. The minimum Gasteiger partial charge on any atom is -0.350 e. The van der Waals surface area contributed by atoms with E-state index in [9.17, 15) is 9.59 Å². The molecule has 1 saturated heterocycles. The first-order valence-electron chi connectivity index (χ1n) is 8.40. The number of aryl methyl sites for hydroxylation is 1.